The Morgan fingerprint density at radius 3 is 2.50 bits per heavy atom. The molecule has 4 heteroatoms. The molecule has 0 radical (unpaired) electrons. The molecule has 0 spiro atoms. The molecule has 1 aromatic heterocycles. The van der Waals surface area contributed by atoms with Gasteiger partial charge in [0.25, 0.3) is 0 Å². The zero-order valence-corrected chi connectivity index (χ0v) is 11.2. The number of rotatable bonds is 4. The van der Waals surface area contributed by atoms with Crippen LogP contribution in [0.3, 0.4) is 0 Å². The first kappa shape index (κ1) is 12.5. The topological polar surface area (TPSA) is 65.9 Å². The van der Waals surface area contributed by atoms with Gasteiger partial charge < -0.3 is 10.6 Å². The van der Waals surface area contributed by atoms with Gasteiger partial charge in [-0.2, -0.15) is 5.26 Å². The van der Waals surface area contributed by atoms with E-state index in [2.05, 4.69) is 28.1 Å². The summed E-state index contributed by atoms with van der Waals surface area (Å²) in [6.07, 6.45) is 4.22. The third kappa shape index (κ3) is 2.72. The Bertz CT molecular complexity index is 621. The highest BCUT2D eigenvalue weighted by Crippen LogP contribution is 2.32. The fourth-order valence-corrected chi connectivity index (χ4v) is 2.26. The van der Waals surface area contributed by atoms with Crippen molar-refractivity contribution >= 4 is 11.4 Å². The van der Waals surface area contributed by atoms with Crippen LogP contribution in [0.25, 0.3) is 0 Å². The Labute approximate surface area is 118 Å². The number of pyridine rings is 1. The lowest BCUT2D eigenvalue weighted by atomic mass is 10.2. The molecule has 2 N–H and O–H groups in total. The fraction of sp³-hybridized carbons (Fsp3) is 0.250. The number of nitrogen functional groups attached to an aromatic ring is 1. The molecule has 1 heterocycles. The average Bonchev–Trinajstić information content (AvgIpc) is 3.31. The van der Waals surface area contributed by atoms with E-state index < -0.39 is 0 Å². The monoisotopic (exact) mass is 264 g/mol. The van der Waals surface area contributed by atoms with Crippen LogP contribution in [0.4, 0.5) is 11.4 Å². The van der Waals surface area contributed by atoms with Crippen LogP contribution < -0.4 is 10.6 Å². The molecule has 1 aromatic carbocycles. The van der Waals surface area contributed by atoms with E-state index >= 15 is 0 Å². The number of nitrogens with zero attached hydrogens (tertiary/aromatic N) is 3. The van der Waals surface area contributed by atoms with E-state index in [9.17, 15) is 0 Å². The predicted molar refractivity (Wildman–Crippen MR) is 79.0 cm³/mol. The van der Waals surface area contributed by atoms with E-state index in [0.717, 1.165) is 17.9 Å². The lowest BCUT2D eigenvalue weighted by molar-refractivity contribution is 0.791. The van der Waals surface area contributed by atoms with Crippen LogP contribution in [0.2, 0.25) is 0 Å². The average molecular weight is 264 g/mol. The van der Waals surface area contributed by atoms with Crippen molar-refractivity contribution < 1.29 is 0 Å². The standard InChI is InChI=1S/C16H16N4/c17-9-14-5-6-16(10-19-14)20(15-7-8-15)11-12-1-3-13(18)4-2-12/h1-6,10,15H,7-8,11,18H2. The summed E-state index contributed by atoms with van der Waals surface area (Å²) in [6, 6.07) is 14.4. The van der Waals surface area contributed by atoms with Crippen LogP contribution in [0.1, 0.15) is 24.1 Å². The second-order valence-corrected chi connectivity index (χ2v) is 5.11. The SMILES string of the molecule is N#Cc1ccc(N(Cc2ccc(N)cc2)C2CC2)cn1. The Morgan fingerprint density at radius 2 is 1.95 bits per heavy atom. The van der Waals surface area contributed by atoms with Crippen LogP contribution in [-0.4, -0.2) is 11.0 Å². The molecular formula is C16H16N4. The van der Waals surface area contributed by atoms with Crippen molar-refractivity contribution in [3.05, 3.63) is 53.9 Å². The summed E-state index contributed by atoms with van der Waals surface area (Å²) < 4.78 is 0. The summed E-state index contributed by atoms with van der Waals surface area (Å²) in [7, 11) is 0. The maximum atomic E-state index is 8.81. The number of anilines is 2. The Hall–Kier alpha value is -2.54. The molecule has 1 saturated carbocycles. The van der Waals surface area contributed by atoms with Crippen LogP contribution in [0, 0.1) is 11.3 Å². The molecule has 2 aromatic rings. The van der Waals surface area contributed by atoms with Crippen molar-refractivity contribution in [1.29, 1.82) is 5.26 Å². The molecule has 20 heavy (non-hydrogen) atoms. The summed E-state index contributed by atoms with van der Waals surface area (Å²) in [5.74, 6) is 0. The number of aromatic nitrogens is 1. The van der Waals surface area contributed by atoms with Gasteiger partial charge in [0.1, 0.15) is 11.8 Å². The summed E-state index contributed by atoms with van der Waals surface area (Å²) >= 11 is 0. The van der Waals surface area contributed by atoms with Crippen LogP contribution >= 0.6 is 0 Å². The number of nitrogens with two attached hydrogens (primary N) is 1. The summed E-state index contributed by atoms with van der Waals surface area (Å²) in [4.78, 5) is 6.51. The third-order valence-electron chi connectivity index (χ3n) is 3.51. The smallest absolute Gasteiger partial charge is 0.140 e. The van der Waals surface area contributed by atoms with Gasteiger partial charge in [0.2, 0.25) is 0 Å². The molecule has 0 aliphatic heterocycles. The van der Waals surface area contributed by atoms with E-state index in [1.807, 2.05) is 18.2 Å². The number of benzene rings is 1. The molecule has 0 amide bonds. The molecule has 3 rings (SSSR count). The van der Waals surface area contributed by atoms with Gasteiger partial charge in [-0.15, -0.1) is 0 Å². The highest BCUT2D eigenvalue weighted by molar-refractivity contribution is 5.49. The highest BCUT2D eigenvalue weighted by Gasteiger charge is 2.29. The number of hydrogen-bond donors (Lipinski definition) is 1. The van der Waals surface area contributed by atoms with Gasteiger partial charge in [-0.25, -0.2) is 4.98 Å². The molecule has 4 nitrogen and oxygen atoms in total. The van der Waals surface area contributed by atoms with Gasteiger partial charge in [-0.05, 0) is 42.7 Å². The maximum absolute atomic E-state index is 8.81. The molecule has 0 unspecified atom stereocenters. The van der Waals surface area contributed by atoms with Gasteiger partial charge in [0, 0.05) is 18.3 Å². The molecule has 100 valence electrons. The quantitative estimate of drug-likeness (QED) is 0.862. The molecule has 0 bridgehead atoms. The van der Waals surface area contributed by atoms with Gasteiger partial charge in [0.15, 0.2) is 0 Å². The highest BCUT2D eigenvalue weighted by atomic mass is 15.2. The minimum absolute atomic E-state index is 0.456. The van der Waals surface area contributed by atoms with Gasteiger partial charge in [-0.1, -0.05) is 12.1 Å². The summed E-state index contributed by atoms with van der Waals surface area (Å²) in [5.41, 5.74) is 9.26. The predicted octanol–water partition coefficient (Wildman–Crippen LogP) is 2.70. The largest absolute Gasteiger partial charge is 0.399 e. The number of hydrogen-bond acceptors (Lipinski definition) is 4. The normalized spacial score (nSPS) is 13.8. The van der Waals surface area contributed by atoms with E-state index in [-0.39, 0.29) is 0 Å². The molecule has 0 atom stereocenters. The lowest BCUT2D eigenvalue weighted by Gasteiger charge is -2.24. The van der Waals surface area contributed by atoms with E-state index in [1.165, 1.54) is 18.4 Å². The molecular weight excluding hydrogens is 248 g/mol. The Balaban J connectivity index is 1.81. The number of nitriles is 1. The van der Waals surface area contributed by atoms with E-state index in [1.54, 1.807) is 12.3 Å². The molecule has 1 fully saturated rings. The second kappa shape index (κ2) is 5.22. The van der Waals surface area contributed by atoms with Gasteiger partial charge in [-0.3, -0.25) is 0 Å². The van der Waals surface area contributed by atoms with Crippen LogP contribution in [0.15, 0.2) is 42.6 Å². The van der Waals surface area contributed by atoms with Crippen molar-refractivity contribution in [2.45, 2.75) is 25.4 Å². The van der Waals surface area contributed by atoms with Crippen molar-refractivity contribution in [1.82, 2.24) is 4.98 Å². The van der Waals surface area contributed by atoms with Crippen LogP contribution in [-0.2, 0) is 6.54 Å². The lowest BCUT2D eigenvalue weighted by Crippen LogP contribution is -2.25. The van der Waals surface area contributed by atoms with Crippen molar-refractivity contribution in [3.63, 3.8) is 0 Å². The van der Waals surface area contributed by atoms with Crippen molar-refractivity contribution in [2.24, 2.45) is 0 Å². The zero-order chi connectivity index (χ0) is 13.9. The molecule has 0 saturated heterocycles. The maximum Gasteiger partial charge on any atom is 0.140 e. The zero-order valence-electron chi connectivity index (χ0n) is 11.2. The summed E-state index contributed by atoms with van der Waals surface area (Å²) in [5, 5.41) is 8.81. The third-order valence-corrected chi connectivity index (χ3v) is 3.51. The minimum Gasteiger partial charge on any atom is -0.399 e. The van der Waals surface area contributed by atoms with E-state index in [0.29, 0.717) is 11.7 Å². The minimum atomic E-state index is 0.456. The van der Waals surface area contributed by atoms with Crippen molar-refractivity contribution in [3.8, 4) is 6.07 Å². The second-order valence-electron chi connectivity index (χ2n) is 5.11. The van der Waals surface area contributed by atoms with Crippen molar-refractivity contribution in [2.75, 3.05) is 10.6 Å². The summed E-state index contributed by atoms with van der Waals surface area (Å²) in [6.45, 7) is 0.846. The Kier molecular flexibility index (Phi) is 3.26. The molecule has 1 aliphatic rings. The molecule has 1 aliphatic carbocycles. The first-order chi connectivity index (χ1) is 9.76. The van der Waals surface area contributed by atoms with E-state index in [4.69, 9.17) is 11.0 Å². The van der Waals surface area contributed by atoms with Crippen LogP contribution in [0.5, 0.6) is 0 Å². The first-order valence-corrected chi connectivity index (χ1v) is 6.73. The first-order valence-electron chi connectivity index (χ1n) is 6.73. The fourth-order valence-electron chi connectivity index (χ4n) is 2.26. The van der Waals surface area contributed by atoms with Gasteiger partial charge in [0.05, 0.1) is 11.9 Å². The van der Waals surface area contributed by atoms with Gasteiger partial charge >= 0.3 is 0 Å². The Morgan fingerprint density at radius 1 is 1.20 bits per heavy atom.